The fraction of sp³-hybridized carbons (Fsp3) is 0. The van der Waals surface area contributed by atoms with Crippen molar-refractivity contribution in [1.82, 2.24) is 0 Å². The summed E-state index contributed by atoms with van der Waals surface area (Å²) >= 11 is 0. The molecule has 3 aromatic carbocycles. The Bertz CT molecular complexity index is 794. The van der Waals surface area contributed by atoms with Crippen molar-refractivity contribution >= 4 is 17.5 Å². The van der Waals surface area contributed by atoms with E-state index in [0.29, 0.717) is 5.57 Å². The first-order valence-electron chi connectivity index (χ1n) is 7.43. The zero-order valence-electron chi connectivity index (χ0n) is 12.9. The molecule has 0 aliphatic heterocycles. The van der Waals surface area contributed by atoms with Crippen LogP contribution in [0.3, 0.4) is 0 Å². The van der Waals surface area contributed by atoms with Crippen molar-refractivity contribution in [2.75, 3.05) is 5.32 Å². The first-order valence-corrected chi connectivity index (χ1v) is 7.43. The minimum Gasteiger partial charge on any atom is -0.810 e. The van der Waals surface area contributed by atoms with Gasteiger partial charge in [-0.2, -0.15) is 24.4 Å². The standard InChI is InChI=1S/C21H16N2.Ir/c22-15-20(18-9-5-2-6-10-18)16-23-21-13-11-19(12-14-21)17-7-3-1-4-8-17;/h1-13,15-16,23H;/q-2;/b20-16+;. The molecule has 3 aromatic rings. The van der Waals surface area contributed by atoms with Crippen molar-refractivity contribution in [3.8, 4) is 11.1 Å². The molecule has 0 aliphatic carbocycles. The molecule has 0 saturated carbocycles. The molecule has 0 heterocycles. The molecule has 0 aromatic heterocycles. The summed E-state index contributed by atoms with van der Waals surface area (Å²) in [5, 5.41) is 12.6. The van der Waals surface area contributed by atoms with Crippen LogP contribution in [0.25, 0.3) is 22.1 Å². The molecule has 3 rings (SSSR count). The second-order valence-corrected chi connectivity index (χ2v) is 5.10. The van der Waals surface area contributed by atoms with Crippen molar-refractivity contribution in [3.05, 3.63) is 102 Å². The summed E-state index contributed by atoms with van der Waals surface area (Å²) < 4.78 is 0. The first-order chi connectivity index (χ1) is 11.4. The van der Waals surface area contributed by atoms with Gasteiger partial charge in [-0.15, -0.1) is 11.6 Å². The van der Waals surface area contributed by atoms with Crippen LogP contribution in [0.4, 0.5) is 5.69 Å². The number of hydrogen-bond acceptors (Lipinski definition) is 1. The summed E-state index contributed by atoms with van der Waals surface area (Å²) in [6, 6.07) is 29.1. The molecule has 0 spiro atoms. The van der Waals surface area contributed by atoms with Crippen molar-refractivity contribution in [2.24, 2.45) is 0 Å². The number of benzene rings is 3. The van der Waals surface area contributed by atoms with E-state index in [2.05, 4.69) is 23.5 Å². The predicted molar refractivity (Wildman–Crippen MR) is 98.2 cm³/mol. The SMILES string of the molecule is [Ir].[N-]=C/C(=C\Nc1[c-]cc(-c2ccccc2)cc1)c1ccccc1. The maximum Gasteiger partial charge on any atom is 0.00513 e. The molecule has 1 N–H and O–H groups in total. The molecule has 0 aliphatic rings. The molecule has 2 nitrogen and oxygen atoms in total. The van der Waals surface area contributed by atoms with Gasteiger partial charge in [0.1, 0.15) is 0 Å². The molecule has 0 atom stereocenters. The van der Waals surface area contributed by atoms with Gasteiger partial charge in [0, 0.05) is 26.3 Å². The summed E-state index contributed by atoms with van der Waals surface area (Å²) in [6.07, 6.45) is 2.87. The van der Waals surface area contributed by atoms with Crippen LogP contribution in [0, 0.1) is 6.07 Å². The largest absolute Gasteiger partial charge is 0.810 e. The number of rotatable bonds is 5. The summed E-state index contributed by atoms with van der Waals surface area (Å²) in [5.74, 6) is 0. The van der Waals surface area contributed by atoms with Crippen LogP contribution in [0.5, 0.6) is 0 Å². The Morgan fingerprint density at radius 2 is 1.50 bits per heavy atom. The Kier molecular flexibility index (Phi) is 6.68. The molecule has 0 unspecified atom stereocenters. The Balaban J connectivity index is 0.00000208. The van der Waals surface area contributed by atoms with Crippen molar-refractivity contribution < 1.29 is 20.1 Å². The fourth-order valence-corrected chi connectivity index (χ4v) is 2.31. The quantitative estimate of drug-likeness (QED) is 0.387. The van der Waals surface area contributed by atoms with E-state index in [-0.39, 0.29) is 20.1 Å². The molecule has 0 amide bonds. The average Bonchev–Trinajstić information content (AvgIpc) is 2.64. The van der Waals surface area contributed by atoms with Gasteiger partial charge in [-0.25, -0.2) is 0 Å². The second kappa shape index (κ2) is 8.97. The topological polar surface area (TPSA) is 34.3 Å². The molecule has 0 saturated heterocycles. The van der Waals surface area contributed by atoms with Crippen LogP contribution in [-0.4, -0.2) is 6.21 Å². The van der Waals surface area contributed by atoms with Gasteiger partial charge in [0.05, 0.1) is 0 Å². The van der Waals surface area contributed by atoms with Crippen molar-refractivity contribution in [2.45, 2.75) is 0 Å². The monoisotopic (exact) mass is 489 g/mol. The van der Waals surface area contributed by atoms with Gasteiger partial charge in [0.2, 0.25) is 0 Å². The van der Waals surface area contributed by atoms with Crippen molar-refractivity contribution in [1.29, 1.82) is 0 Å². The third kappa shape index (κ3) is 4.51. The number of hydrogen-bond donors (Lipinski definition) is 1. The predicted octanol–water partition coefficient (Wildman–Crippen LogP) is 5.24. The molecule has 1 radical (unpaired) electrons. The van der Waals surface area contributed by atoms with Gasteiger partial charge in [0.15, 0.2) is 0 Å². The first kappa shape index (κ1) is 17.9. The third-order valence-electron chi connectivity index (χ3n) is 3.55. The van der Waals surface area contributed by atoms with E-state index < -0.39 is 0 Å². The zero-order chi connectivity index (χ0) is 15.9. The fourth-order valence-electron chi connectivity index (χ4n) is 2.31. The van der Waals surface area contributed by atoms with Crippen molar-refractivity contribution in [3.63, 3.8) is 0 Å². The van der Waals surface area contributed by atoms with Crippen LogP contribution in [0.15, 0.2) is 85.1 Å². The Morgan fingerprint density at radius 3 is 2.08 bits per heavy atom. The maximum absolute atomic E-state index is 9.41. The zero-order valence-corrected chi connectivity index (χ0v) is 15.3. The van der Waals surface area contributed by atoms with E-state index in [0.717, 1.165) is 23.0 Å². The van der Waals surface area contributed by atoms with Crippen LogP contribution < -0.4 is 5.32 Å². The summed E-state index contributed by atoms with van der Waals surface area (Å²) in [7, 11) is 0. The van der Waals surface area contributed by atoms with Crippen LogP contribution in [0.1, 0.15) is 5.56 Å². The number of nitrogens with one attached hydrogen (secondary N) is 1. The van der Waals surface area contributed by atoms with Gasteiger partial charge in [-0.1, -0.05) is 71.9 Å². The Labute approximate surface area is 156 Å². The van der Waals surface area contributed by atoms with E-state index in [1.54, 1.807) is 6.20 Å². The van der Waals surface area contributed by atoms with Gasteiger partial charge in [-0.05, 0) is 11.1 Å². The summed E-state index contributed by atoms with van der Waals surface area (Å²) in [4.78, 5) is 0. The van der Waals surface area contributed by atoms with E-state index in [1.807, 2.05) is 66.7 Å². The molecular formula is C21H16IrN2-2. The Morgan fingerprint density at radius 1 is 0.833 bits per heavy atom. The summed E-state index contributed by atoms with van der Waals surface area (Å²) in [6.45, 7) is 0. The van der Waals surface area contributed by atoms with E-state index in [1.165, 1.54) is 5.56 Å². The maximum atomic E-state index is 9.41. The van der Waals surface area contributed by atoms with Gasteiger partial charge >= 0.3 is 0 Å². The summed E-state index contributed by atoms with van der Waals surface area (Å²) in [5.41, 5.74) is 4.80. The van der Waals surface area contributed by atoms with Gasteiger partial charge in [-0.3, -0.25) is 0 Å². The molecule has 3 heteroatoms. The molecule has 24 heavy (non-hydrogen) atoms. The average molecular weight is 489 g/mol. The van der Waals surface area contributed by atoms with E-state index in [9.17, 15) is 5.41 Å². The van der Waals surface area contributed by atoms with Crippen LogP contribution in [0.2, 0.25) is 0 Å². The smallest absolute Gasteiger partial charge is 0.00513 e. The van der Waals surface area contributed by atoms with Gasteiger partial charge in [0.25, 0.3) is 0 Å². The van der Waals surface area contributed by atoms with Gasteiger partial charge < -0.3 is 10.7 Å². The normalized spacial score (nSPS) is 10.6. The van der Waals surface area contributed by atoms with E-state index >= 15 is 0 Å². The molecular weight excluding hydrogens is 472 g/mol. The second-order valence-electron chi connectivity index (χ2n) is 5.10. The minimum absolute atomic E-state index is 0. The van der Waals surface area contributed by atoms with Crippen LogP contribution >= 0.6 is 0 Å². The molecule has 0 fully saturated rings. The Hall–Kier alpha value is -2.48. The van der Waals surface area contributed by atoms with Crippen LogP contribution in [-0.2, 0) is 20.1 Å². The number of allylic oxidation sites excluding steroid dienone is 1. The third-order valence-corrected chi connectivity index (χ3v) is 3.55. The van der Waals surface area contributed by atoms with E-state index in [4.69, 9.17) is 0 Å². The number of anilines is 1. The number of nitrogens with zero attached hydrogens (tertiary/aromatic N) is 1. The minimum atomic E-state index is 0. The molecule has 0 bridgehead atoms. The molecule has 121 valence electrons.